The van der Waals surface area contributed by atoms with E-state index in [1.165, 1.54) is 7.11 Å². The minimum absolute atomic E-state index is 0.111. The molecule has 1 aromatic heterocycles. The summed E-state index contributed by atoms with van der Waals surface area (Å²) in [5, 5.41) is 3.31. The zero-order valence-corrected chi connectivity index (χ0v) is 18.3. The molecule has 0 spiro atoms. The van der Waals surface area contributed by atoms with E-state index >= 15 is 0 Å². The first-order valence-corrected chi connectivity index (χ1v) is 10.8. The van der Waals surface area contributed by atoms with Crippen LogP contribution in [0.5, 0.6) is 5.75 Å². The third-order valence-electron chi connectivity index (χ3n) is 5.65. The Labute approximate surface area is 190 Å². The van der Waals surface area contributed by atoms with Gasteiger partial charge in [-0.1, -0.05) is 30.3 Å². The van der Waals surface area contributed by atoms with Crippen molar-refractivity contribution in [3.05, 3.63) is 71.7 Å². The van der Waals surface area contributed by atoms with E-state index in [-0.39, 0.29) is 37.0 Å². The molecule has 2 heterocycles. The molecule has 1 saturated heterocycles. The predicted molar refractivity (Wildman–Crippen MR) is 119 cm³/mol. The molecule has 172 valence electrons. The number of hydrogen-bond acceptors (Lipinski definition) is 6. The molecular formula is C25H25FN2O5. The van der Waals surface area contributed by atoms with Gasteiger partial charge in [0.05, 0.1) is 31.5 Å². The van der Waals surface area contributed by atoms with Gasteiger partial charge in [-0.15, -0.1) is 0 Å². The Bertz CT molecular complexity index is 1130. The normalized spacial score (nSPS) is 18.0. The van der Waals surface area contributed by atoms with Gasteiger partial charge in [-0.05, 0) is 36.6 Å². The number of rotatable bonds is 7. The van der Waals surface area contributed by atoms with Crippen molar-refractivity contribution in [1.29, 1.82) is 0 Å². The van der Waals surface area contributed by atoms with E-state index in [2.05, 4.69) is 10.3 Å². The molecule has 1 fully saturated rings. The Hall–Kier alpha value is -3.52. The summed E-state index contributed by atoms with van der Waals surface area (Å²) < 4.78 is 30.7. The number of aromatic nitrogens is 1. The number of nitrogens with one attached hydrogen (secondary N) is 1. The van der Waals surface area contributed by atoms with Crippen LogP contribution in [0.3, 0.4) is 0 Å². The zero-order valence-electron chi connectivity index (χ0n) is 18.3. The van der Waals surface area contributed by atoms with Crippen LogP contribution in [0.4, 0.5) is 9.18 Å². The molecule has 4 rings (SSSR count). The van der Waals surface area contributed by atoms with Crippen molar-refractivity contribution in [2.45, 2.75) is 38.0 Å². The van der Waals surface area contributed by atoms with Crippen LogP contribution in [-0.4, -0.2) is 42.7 Å². The number of hydrogen-bond donors (Lipinski definition) is 1. The Morgan fingerprint density at radius 3 is 2.73 bits per heavy atom. The molecule has 8 heteroatoms. The van der Waals surface area contributed by atoms with Gasteiger partial charge in [-0.2, -0.15) is 0 Å². The fraction of sp³-hybridized carbons (Fsp3) is 0.320. The number of pyridine rings is 1. The maximum absolute atomic E-state index is 14.5. The third-order valence-corrected chi connectivity index (χ3v) is 5.65. The minimum Gasteiger partial charge on any atom is -0.497 e. The molecule has 2 atom stereocenters. The second-order valence-corrected chi connectivity index (χ2v) is 7.91. The largest absolute Gasteiger partial charge is 0.497 e. The van der Waals surface area contributed by atoms with E-state index in [9.17, 15) is 14.0 Å². The number of ketones is 1. The Balaban J connectivity index is 1.31. The number of carbonyl (C=O) groups is 2. The minimum atomic E-state index is -0.656. The van der Waals surface area contributed by atoms with Gasteiger partial charge < -0.3 is 19.5 Å². The summed E-state index contributed by atoms with van der Waals surface area (Å²) in [4.78, 5) is 29.0. The number of benzene rings is 2. The maximum Gasteiger partial charge on any atom is 0.407 e. The number of carbonyl (C=O) groups excluding carboxylic acids is 2. The van der Waals surface area contributed by atoms with Crippen LogP contribution >= 0.6 is 0 Å². The Morgan fingerprint density at radius 1 is 1.18 bits per heavy atom. The van der Waals surface area contributed by atoms with E-state index in [0.29, 0.717) is 29.5 Å². The molecule has 0 aliphatic carbocycles. The van der Waals surface area contributed by atoms with Crippen LogP contribution in [0.1, 0.15) is 24.0 Å². The molecule has 1 N–H and O–H groups in total. The molecule has 1 amide bonds. The van der Waals surface area contributed by atoms with Crippen LogP contribution < -0.4 is 10.1 Å². The van der Waals surface area contributed by atoms with E-state index in [0.717, 1.165) is 11.8 Å². The highest BCUT2D eigenvalue weighted by Crippen LogP contribution is 2.26. The van der Waals surface area contributed by atoms with Gasteiger partial charge in [0.2, 0.25) is 0 Å². The number of methoxy groups -OCH3 is 1. The average molecular weight is 452 g/mol. The number of fused-ring (bicyclic) bond motifs is 1. The number of Topliss-reactive ketones (excluding diaryl/α,β-unsaturated/α-hetero) is 1. The first kappa shape index (κ1) is 22.7. The van der Waals surface area contributed by atoms with E-state index in [1.54, 1.807) is 18.2 Å². The summed E-state index contributed by atoms with van der Waals surface area (Å²) in [7, 11) is 1.52. The van der Waals surface area contributed by atoms with Crippen molar-refractivity contribution in [1.82, 2.24) is 10.3 Å². The highest BCUT2D eigenvalue weighted by molar-refractivity contribution is 5.91. The van der Waals surface area contributed by atoms with Gasteiger partial charge in [0.15, 0.2) is 5.78 Å². The van der Waals surface area contributed by atoms with Crippen LogP contribution in [-0.2, 0) is 27.3 Å². The number of halogens is 1. The average Bonchev–Trinajstić information content (AvgIpc) is 2.85. The lowest BCUT2D eigenvalue weighted by atomic mass is 9.96. The lowest BCUT2D eigenvalue weighted by Crippen LogP contribution is -2.45. The van der Waals surface area contributed by atoms with Gasteiger partial charge in [0, 0.05) is 17.4 Å². The Morgan fingerprint density at radius 2 is 2.00 bits per heavy atom. The second-order valence-electron chi connectivity index (χ2n) is 7.91. The topological polar surface area (TPSA) is 86.8 Å². The lowest BCUT2D eigenvalue weighted by molar-refractivity contribution is -0.133. The summed E-state index contributed by atoms with van der Waals surface area (Å²) in [6.45, 7) is 0.363. The van der Waals surface area contributed by atoms with Crippen LogP contribution in [0.15, 0.2) is 54.7 Å². The molecule has 0 saturated carbocycles. The van der Waals surface area contributed by atoms with Gasteiger partial charge in [-0.25, -0.2) is 9.18 Å². The summed E-state index contributed by atoms with van der Waals surface area (Å²) >= 11 is 0. The fourth-order valence-corrected chi connectivity index (χ4v) is 3.85. The van der Waals surface area contributed by atoms with Gasteiger partial charge in [0.1, 0.15) is 24.3 Å². The van der Waals surface area contributed by atoms with Crippen molar-refractivity contribution in [2.75, 3.05) is 13.7 Å². The number of alkyl carbamates (subject to hydrolysis) is 1. The smallest absolute Gasteiger partial charge is 0.407 e. The summed E-state index contributed by atoms with van der Waals surface area (Å²) in [5.74, 6) is -0.194. The standard InChI is InChI=1S/C25H25FN2O5/c1-31-18-8-9-22-20(11-18)19(21(26)13-27-22)12-23(29)24-10-7-17(15-32-24)28-25(30)33-14-16-5-3-2-4-6-16/h2-6,8-9,11,13,17,24H,7,10,12,14-15H2,1H3,(H,28,30). The van der Waals surface area contributed by atoms with E-state index < -0.39 is 18.0 Å². The molecule has 7 nitrogen and oxygen atoms in total. The van der Waals surface area contributed by atoms with E-state index in [1.807, 2.05) is 30.3 Å². The summed E-state index contributed by atoms with van der Waals surface area (Å²) in [6, 6.07) is 14.3. The molecule has 33 heavy (non-hydrogen) atoms. The first-order chi connectivity index (χ1) is 16.0. The van der Waals surface area contributed by atoms with Crippen LogP contribution in [0.25, 0.3) is 10.9 Å². The van der Waals surface area contributed by atoms with Gasteiger partial charge >= 0.3 is 6.09 Å². The molecule has 0 radical (unpaired) electrons. The molecule has 1 aliphatic rings. The van der Waals surface area contributed by atoms with Crippen LogP contribution in [0.2, 0.25) is 0 Å². The first-order valence-electron chi connectivity index (χ1n) is 10.8. The maximum atomic E-state index is 14.5. The van der Waals surface area contributed by atoms with Crippen molar-refractivity contribution in [3.8, 4) is 5.75 Å². The van der Waals surface area contributed by atoms with Crippen molar-refractivity contribution in [3.63, 3.8) is 0 Å². The van der Waals surface area contributed by atoms with Gasteiger partial charge in [0.25, 0.3) is 0 Å². The molecule has 1 aliphatic heterocycles. The number of ether oxygens (including phenoxy) is 3. The monoisotopic (exact) mass is 452 g/mol. The number of nitrogens with zero attached hydrogens (tertiary/aromatic N) is 1. The van der Waals surface area contributed by atoms with Crippen molar-refractivity contribution in [2.24, 2.45) is 0 Å². The summed E-state index contributed by atoms with van der Waals surface area (Å²) in [6.07, 6.45) is 0.814. The van der Waals surface area contributed by atoms with E-state index in [4.69, 9.17) is 14.2 Å². The lowest BCUT2D eigenvalue weighted by Gasteiger charge is -2.28. The SMILES string of the molecule is COc1ccc2ncc(F)c(CC(=O)C3CCC(NC(=O)OCc4ccccc4)CO3)c2c1. The van der Waals surface area contributed by atoms with Gasteiger partial charge in [-0.3, -0.25) is 9.78 Å². The highest BCUT2D eigenvalue weighted by Gasteiger charge is 2.29. The summed E-state index contributed by atoms with van der Waals surface area (Å²) in [5.41, 5.74) is 1.76. The molecular weight excluding hydrogens is 427 g/mol. The highest BCUT2D eigenvalue weighted by atomic mass is 19.1. The number of amides is 1. The second kappa shape index (κ2) is 10.4. The zero-order chi connectivity index (χ0) is 23.2. The molecule has 2 aromatic carbocycles. The van der Waals surface area contributed by atoms with Crippen molar-refractivity contribution >= 4 is 22.8 Å². The van der Waals surface area contributed by atoms with Crippen LogP contribution in [0, 0.1) is 5.82 Å². The molecule has 3 aromatic rings. The fourth-order valence-electron chi connectivity index (χ4n) is 3.85. The quantitative estimate of drug-likeness (QED) is 0.584. The molecule has 2 unspecified atom stereocenters. The van der Waals surface area contributed by atoms with Crippen molar-refractivity contribution < 1.29 is 28.2 Å². The third kappa shape index (κ3) is 5.64. The predicted octanol–water partition coefficient (Wildman–Crippen LogP) is 3.97. The Kier molecular flexibility index (Phi) is 7.14. The molecule has 0 bridgehead atoms.